The van der Waals surface area contributed by atoms with Crippen LogP contribution in [0.5, 0.6) is 5.75 Å². The van der Waals surface area contributed by atoms with E-state index >= 15 is 0 Å². The van der Waals surface area contributed by atoms with Crippen molar-refractivity contribution in [3.8, 4) is 11.8 Å². The zero-order valence-corrected chi connectivity index (χ0v) is 12.9. The third-order valence-corrected chi connectivity index (χ3v) is 3.79. The van der Waals surface area contributed by atoms with Crippen molar-refractivity contribution in [2.45, 2.75) is 12.6 Å². The van der Waals surface area contributed by atoms with Gasteiger partial charge in [-0.2, -0.15) is 5.26 Å². The maximum Gasteiger partial charge on any atom is 0.124 e. The van der Waals surface area contributed by atoms with Gasteiger partial charge in [-0.25, -0.2) is 0 Å². The molecular formula is C19H20N2O2. The largest absolute Gasteiger partial charge is 0.489 e. The van der Waals surface area contributed by atoms with Crippen LogP contribution in [-0.2, 0) is 11.3 Å². The molecule has 1 aliphatic rings. The SMILES string of the molecule is [2H]C(C#N)(c1cccc(OCc2ccccc2)c1)N1CCOCC1. The van der Waals surface area contributed by atoms with E-state index in [0.717, 1.165) is 5.56 Å². The molecule has 4 nitrogen and oxygen atoms in total. The molecule has 0 saturated carbocycles. The Morgan fingerprint density at radius 1 is 1.17 bits per heavy atom. The Balaban J connectivity index is 1.77. The molecule has 118 valence electrons. The summed E-state index contributed by atoms with van der Waals surface area (Å²) < 4.78 is 19.8. The highest BCUT2D eigenvalue weighted by Gasteiger charge is 2.22. The molecule has 1 unspecified atom stereocenters. The van der Waals surface area contributed by atoms with Gasteiger partial charge in [0.1, 0.15) is 18.4 Å². The fraction of sp³-hybridized carbons (Fsp3) is 0.316. The Morgan fingerprint density at radius 2 is 1.96 bits per heavy atom. The number of benzene rings is 2. The topological polar surface area (TPSA) is 45.5 Å². The van der Waals surface area contributed by atoms with E-state index in [1.165, 1.54) is 0 Å². The summed E-state index contributed by atoms with van der Waals surface area (Å²) in [5.41, 5.74) is 1.70. The normalized spacial score (nSPS) is 18.5. The predicted molar refractivity (Wildman–Crippen MR) is 88.0 cm³/mol. The minimum atomic E-state index is -1.42. The summed E-state index contributed by atoms with van der Waals surface area (Å²) >= 11 is 0. The van der Waals surface area contributed by atoms with Gasteiger partial charge in [-0.1, -0.05) is 42.5 Å². The van der Waals surface area contributed by atoms with Gasteiger partial charge in [0.05, 0.1) is 20.7 Å². The number of nitrogens with zero attached hydrogens (tertiary/aromatic N) is 2. The van der Waals surface area contributed by atoms with Gasteiger partial charge < -0.3 is 9.47 Å². The standard InChI is InChI=1S/C19H20N2O2/c20-14-19(21-9-11-22-12-10-21)17-7-4-8-18(13-17)23-15-16-5-2-1-3-6-16/h1-8,13,19H,9-12,15H2/i19D. The third-order valence-electron chi connectivity index (χ3n) is 3.79. The molecule has 1 fully saturated rings. The zero-order valence-electron chi connectivity index (χ0n) is 13.9. The lowest BCUT2D eigenvalue weighted by atomic mass is 10.1. The number of hydrogen-bond donors (Lipinski definition) is 0. The number of ether oxygens (including phenoxy) is 2. The van der Waals surface area contributed by atoms with E-state index in [1.54, 1.807) is 12.1 Å². The summed E-state index contributed by atoms with van der Waals surface area (Å²) in [5.74, 6) is 0.663. The van der Waals surface area contributed by atoms with Gasteiger partial charge in [-0.15, -0.1) is 0 Å². The predicted octanol–water partition coefficient (Wildman–Crippen LogP) is 3.16. The van der Waals surface area contributed by atoms with E-state index in [4.69, 9.17) is 10.8 Å². The van der Waals surface area contributed by atoms with Crippen LogP contribution in [0, 0.1) is 11.3 Å². The fourth-order valence-electron chi connectivity index (χ4n) is 2.58. The molecule has 0 aliphatic carbocycles. The quantitative estimate of drug-likeness (QED) is 0.851. The highest BCUT2D eigenvalue weighted by atomic mass is 16.5. The first-order valence-electron chi connectivity index (χ1n) is 8.24. The molecule has 1 aliphatic heterocycles. The molecule has 1 atom stereocenters. The molecule has 0 N–H and O–H groups in total. The highest BCUT2D eigenvalue weighted by Crippen LogP contribution is 2.25. The Labute approximate surface area is 138 Å². The second-order valence-electron chi connectivity index (χ2n) is 5.36. The summed E-state index contributed by atoms with van der Waals surface area (Å²) in [5, 5.41) is 9.63. The second-order valence-corrected chi connectivity index (χ2v) is 5.36. The molecule has 3 rings (SSSR count). The summed E-state index contributed by atoms with van der Waals surface area (Å²) in [6, 6.07) is 17.9. The molecular weight excluding hydrogens is 288 g/mol. The van der Waals surface area contributed by atoms with Crippen LogP contribution in [0.25, 0.3) is 0 Å². The Hall–Kier alpha value is -2.35. The monoisotopic (exact) mass is 309 g/mol. The molecule has 2 aromatic rings. The van der Waals surface area contributed by atoms with Gasteiger partial charge in [0.15, 0.2) is 0 Å². The van der Waals surface area contributed by atoms with Crippen molar-refractivity contribution >= 4 is 0 Å². The van der Waals surface area contributed by atoms with E-state index in [-0.39, 0.29) is 0 Å². The van der Waals surface area contributed by atoms with Crippen LogP contribution in [0.3, 0.4) is 0 Å². The third kappa shape index (κ3) is 4.10. The molecule has 0 radical (unpaired) electrons. The Morgan fingerprint density at radius 3 is 2.70 bits per heavy atom. The lowest BCUT2D eigenvalue weighted by molar-refractivity contribution is 0.0266. The Kier molecular flexibility index (Phi) is 4.82. The van der Waals surface area contributed by atoms with Crippen LogP contribution in [-0.4, -0.2) is 31.2 Å². The van der Waals surface area contributed by atoms with Crippen molar-refractivity contribution in [2.75, 3.05) is 26.3 Å². The summed E-state index contributed by atoms with van der Waals surface area (Å²) in [6.45, 7) is 2.71. The second kappa shape index (κ2) is 7.77. The molecule has 2 aromatic carbocycles. The van der Waals surface area contributed by atoms with Crippen molar-refractivity contribution in [1.82, 2.24) is 4.90 Å². The van der Waals surface area contributed by atoms with Crippen LogP contribution in [0.15, 0.2) is 54.6 Å². The van der Waals surface area contributed by atoms with Crippen LogP contribution >= 0.6 is 0 Å². The maximum atomic E-state index is 9.63. The maximum absolute atomic E-state index is 9.63. The molecule has 0 amide bonds. The van der Waals surface area contributed by atoms with Gasteiger partial charge in [0.25, 0.3) is 0 Å². The first-order chi connectivity index (χ1) is 11.7. The van der Waals surface area contributed by atoms with Crippen molar-refractivity contribution in [3.05, 3.63) is 65.7 Å². The zero-order chi connectivity index (χ0) is 16.8. The smallest absolute Gasteiger partial charge is 0.124 e. The van der Waals surface area contributed by atoms with E-state index in [0.29, 0.717) is 44.2 Å². The average Bonchev–Trinajstić information content (AvgIpc) is 2.67. The molecule has 0 aromatic heterocycles. The van der Waals surface area contributed by atoms with E-state index < -0.39 is 6.02 Å². The van der Waals surface area contributed by atoms with Gasteiger partial charge in [-0.3, -0.25) is 4.90 Å². The van der Waals surface area contributed by atoms with Gasteiger partial charge >= 0.3 is 0 Å². The Bertz CT molecular complexity index is 711. The molecule has 0 bridgehead atoms. The van der Waals surface area contributed by atoms with Crippen LogP contribution in [0.4, 0.5) is 0 Å². The number of nitriles is 1. The number of rotatable bonds is 5. The first kappa shape index (κ1) is 14.3. The molecule has 4 heteroatoms. The van der Waals surface area contributed by atoms with Crippen LogP contribution in [0.1, 0.15) is 18.5 Å². The van der Waals surface area contributed by atoms with Gasteiger partial charge in [0.2, 0.25) is 0 Å². The summed E-state index contributed by atoms with van der Waals surface area (Å²) in [6.07, 6.45) is 0. The van der Waals surface area contributed by atoms with Crippen molar-refractivity contribution in [3.63, 3.8) is 0 Å². The molecule has 1 heterocycles. The van der Waals surface area contributed by atoms with E-state index in [9.17, 15) is 5.26 Å². The van der Waals surface area contributed by atoms with Crippen LogP contribution in [0.2, 0.25) is 0 Å². The molecule has 0 spiro atoms. The lowest BCUT2D eigenvalue weighted by Crippen LogP contribution is -2.38. The summed E-state index contributed by atoms with van der Waals surface area (Å²) in [4.78, 5) is 1.84. The average molecular weight is 309 g/mol. The first-order valence-corrected chi connectivity index (χ1v) is 7.74. The van der Waals surface area contributed by atoms with Crippen molar-refractivity contribution in [2.24, 2.45) is 0 Å². The number of hydrogen-bond acceptors (Lipinski definition) is 4. The number of morpholine rings is 1. The van der Waals surface area contributed by atoms with E-state index in [2.05, 4.69) is 6.07 Å². The lowest BCUT2D eigenvalue weighted by Gasteiger charge is -2.30. The summed E-state index contributed by atoms with van der Waals surface area (Å²) in [7, 11) is 0. The van der Waals surface area contributed by atoms with Gasteiger partial charge in [0, 0.05) is 13.1 Å². The minimum Gasteiger partial charge on any atom is -0.489 e. The van der Waals surface area contributed by atoms with Crippen molar-refractivity contribution < 1.29 is 10.8 Å². The fourth-order valence-corrected chi connectivity index (χ4v) is 2.58. The highest BCUT2D eigenvalue weighted by molar-refractivity contribution is 5.33. The molecule has 1 saturated heterocycles. The van der Waals surface area contributed by atoms with E-state index in [1.807, 2.05) is 47.4 Å². The molecule has 23 heavy (non-hydrogen) atoms. The van der Waals surface area contributed by atoms with Crippen molar-refractivity contribution in [1.29, 1.82) is 5.26 Å². The van der Waals surface area contributed by atoms with Crippen LogP contribution < -0.4 is 4.74 Å². The van der Waals surface area contributed by atoms with Gasteiger partial charge in [-0.05, 0) is 23.3 Å². The minimum absolute atomic E-state index is 0.458.